The summed E-state index contributed by atoms with van der Waals surface area (Å²) in [5.41, 5.74) is -0.929. The first-order valence-electron chi connectivity index (χ1n) is 3.44. The van der Waals surface area contributed by atoms with Gasteiger partial charge in [0.1, 0.15) is 0 Å². The van der Waals surface area contributed by atoms with Crippen LogP contribution in [0.2, 0.25) is 0 Å². The number of allylic oxidation sites excluding steroid dienone is 1. The second kappa shape index (κ2) is 2.75. The number of cyclic esters (lactones) is 1. The average molecular weight is 151 g/mol. The quantitative estimate of drug-likeness (QED) is 0.437. The van der Waals surface area contributed by atoms with Gasteiger partial charge in [-0.05, 0) is 6.42 Å². The van der Waals surface area contributed by atoms with Gasteiger partial charge in [-0.3, -0.25) is 4.79 Å². The van der Waals surface area contributed by atoms with E-state index in [9.17, 15) is 4.79 Å². The molecule has 0 aliphatic carbocycles. The van der Waals surface area contributed by atoms with Crippen molar-refractivity contribution in [3.63, 3.8) is 0 Å². The number of hydrogen-bond donors (Lipinski definition) is 0. The number of esters is 1. The summed E-state index contributed by atoms with van der Waals surface area (Å²) in [6.45, 7) is 3.85. The summed E-state index contributed by atoms with van der Waals surface area (Å²) in [6, 6.07) is 1.98. The van der Waals surface area contributed by atoms with Crippen LogP contribution in [0.1, 0.15) is 12.8 Å². The highest BCUT2D eigenvalue weighted by atomic mass is 16.5. The third-order valence-corrected chi connectivity index (χ3v) is 1.86. The maximum atomic E-state index is 11.0. The molecule has 1 atom stereocenters. The van der Waals surface area contributed by atoms with Crippen molar-refractivity contribution in [2.75, 3.05) is 6.61 Å². The molecule has 1 aliphatic rings. The number of ether oxygens (including phenoxy) is 1. The van der Waals surface area contributed by atoms with Crippen LogP contribution in [0.25, 0.3) is 0 Å². The van der Waals surface area contributed by atoms with Crippen LogP contribution in [0.15, 0.2) is 12.7 Å². The van der Waals surface area contributed by atoms with Crippen molar-refractivity contribution < 1.29 is 9.53 Å². The third-order valence-electron chi connectivity index (χ3n) is 1.86. The Morgan fingerprint density at radius 3 is 3.00 bits per heavy atom. The maximum Gasteiger partial charge on any atom is 0.326 e. The van der Waals surface area contributed by atoms with Crippen LogP contribution in [-0.2, 0) is 9.53 Å². The number of nitrogens with zero attached hydrogens (tertiary/aromatic N) is 1. The molecule has 1 saturated heterocycles. The van der Waals surface area contributed by atoms with Crippen LogP contribution in [0.4, 0.5) is 0 Å². The summed E-state index contributed by atoms with van der Waals surface area (Å²) in [4.78, 5) is 11.0. The monoisotopic (exact) mass is 151 g/mol. The second-order valence-electron chi connectivity index (χ2n) is 2.57. The van der Waals surface area contributed by atoms with E-state index >= 15 is 0 Å². The second-order valence-corrected chi connectivity index (χ2v) is 2.57. The van der Waals surface area contributed by atoms with Gasteiger partial charge in [0.2, 0.25) is 0 Å². The van der Waals surface area contributed by atoms with Crippen molar-refractivity contribution in [3.8, 4) is 6.07 Å². The summed E-state index contributed by atoms with van der Waals surface area (Å²) in [5.74, 6) is -0.403. The number of hydrogen-bond acceptors (Lipinski definition) is 3. The van der Waals surface area contributed by atoms with Gasteiger partial charge in [-0.15, -0.1) is 6.58 Å². The highest BCUT2D eigenvalue weighted by Gasteiger charge is 2.43. The van der Waals surface area contributed by atoms with Crippen LogP contribution in [0, 0.1) is 16.7 Å². The third kappa shape index (κ3) is 1.12. The fourth-order valence-electron chi connectivity index (χ4n) is 1.14. The summed E-state index contributed by atoms with van der Waals surface area (Å²) >= 11 is 0. The van der Waals surface area contributed by atoms with Gasteiger partial charge in [0.15, 0.2) is 5.41 Å². The largest absolute Gasteiger partial charge is 0.464 e. The van der Waals surface area contributed by atoms with E-state index in [0.29, 0.717) is 19.4 Å². The number of carbonyl (C=O) groups is 1. The van der Waals surface area contributed by atoms with E-state index in [1.165, 1.54) is 0 Å². The van der Waals surface area contributed by atoms with E-state index < -0.39 is 11.4 Å². The molecule has 0 N–H and O–H groups in total. The Hall–Kier alpha value is -1.30. The van der Waals surface area contributed by atoms with Gasteiger partial charge in [0.05, 0.1) is 12.7 Å². The lowest BCUT2D eigenvalue weighted by atomic mass is 9.85. The van der Waals surface area contributed by atoms with Gasteiger partial charge in [-0.1, -0.05) is 6.08 Å². The van der Waals surface area contributed by atoms with Crippen molar-refractivity contribution in [3.05, 3.63) is 12.7 Å². The summed E-state index contributed by atoms with van der Waals surface area (Å²) in [5, 5.41) is 8.72. The van der Waals surface area contributed by atoms with E-state index in [0.717, 1.165) is 0 Å². The molecule has 1 aliphatic heterocycles. The predicted molar refractivity (Wildman–Crippen MR) is 38.4 cm³/mol. The molecule has 0 bridgehead atoms. The first-order valence-corrected chi connectivity index (χ1v) is 3.44. The standard InChI is InChI=1S/C8H9NO2/c1-2-3-8(6-9)4-5-11-7(8)10/h2H,1,3-5H2. The van der Waals surface area contributed by atoms with Crippen molar-refractivity contribution >= 4 is 5.97 Å². The number of nitriles is 1. The zero-order chi connectivity index (χ0) is 8.32. The zero-order valence-corrected chi connectivity index (χ0v) is 6.17. The molecule has 1 heterocycles. The highest BCUT2D eigenvalue weighted by molar-refractivity contribution is 5.81. The molecule has 0 aromatic carbocycles. The minimum atomic E-state index is -0.929. The zero-order valence-electron chi connectivity index (χ0n) is 6.17. The van der Waals surface area contributed by atoms with E-state index in [2.05, 4.69) is 6.58 Å². The van der Waals surface area contributed by atoms with Crippen molar-refractivity contribution in [1.82, 2.24) is 0 Å². The van der Waals surface area contributed by atoms with Gasteiger partial charge >= 0.3 is 5.97 Å². The predicted octanol–water partition coefficient (Wildman–Crippen LogP) is 1.02. The molecule has 0 amide bonds. The Kier molecular flexibility index (Phi) is 1.95. The Balaban J connectivity index is 2.83. The fourth-order valence-corrected chi connectivity index (χ4v) is 1.14. The van der Waals surface area contributed by atoms with Crippen LogP contribution in [0.3, 0.4) is 0 Å². The van der Waals surface area contributed by atoms with E-state index in [1.54, 1.807) is 6.08 Å². The van der Waals surface area contributed by atoms with Gasteiger partial charge in [0, 0.05) is 6.42 Å². The topological polar surface area (TPSA) is 50.1 Å². The first kappa shape index (κ1) is 7.80. The molecular weight excluding hydrogens is 142 g/mol. The molecule has 3 nitrogen and oxygen atoms in total. The van der Waals surface area contributed by atoms with Crippen molar-refractivity contribution in [2.45, 2.75) is 12.8 Å². The minimum Gasteiger partial charge on any atom is -0.464 e. The average Bonchev–Trinajstić information content (AvgIpc) is 2.35. The first-order chi connectivity index (χ1) is 5.25. The molecule has 3 heteroatoms. The molecule has 0 saturated carbocycles. The Bertz CT molecular complexity index is 229. The molecule has 0 aromatic heterocycles. The molecule has 1 fully saturated rings. The minimum absolute atomic E-state index is 0.361. The lowest BCUT2D eigenvalue weighted by molar-refractivity contribution is -0.143. The van der Waals surface area contributed by atoms with E-state index in [-0.39, 0.29) is 0 Å². The summed E-state index contributed by atoms with van der Waals surface area (Å²) in [7, 11) is 0. The van der Waals surface area contributed by atoms with Gasteiger partial charge in [-0.2, -0.15) is 5.26 Å². The highest BCUT2D eigenvalue weighted by Crippen LogP contribution is 2.32. The molecular formula is C8H9NO2. The Labute approximate surface area is 65.3 Å². The lowest BCUT2D eigenvalue weighted by Crippen LogP contribution is -2.23. The van der Waals surface area contributed by atoms with Crippen molar-refractivity contribution in [1.29, 1.82) is 5.26 Å². The SMILES string of the molecule is C=CCC1(C#N)CCOC1=O. The van der Waals surface area contributed by atoms with Crippen molar-refractivity contribution in [2.24, 2.45) is 5.41 Å². The summed E-state index contributed by atoms with van der Waals surface area (Å²) in [6.07, 6.45) is 2.46. The smallest absolute Gasteiger partial charge is 0.326 e. The Morgan fingerprint density at radius 2 is 2.64 bits per heavy atom. The molecule has 1 unspecified atom stereocenters. The van der Waals surface area contributed by atoms with Crippen LogP contribution >= 0.6 is 0 Å². The fraction of sp³-hybridized carbons (Fsp3) is 0.500. The molecule has 11 heavy (non-hydrogen) atoms. The van der Waals surface area contributed by atoms with Crippen LogP contribution < -0.4 is 0 Å². The molecule has 1 rings (SSSR count). The molecule has 58 valence electrons. The maximum absolute atomic E-state index is 11.0. The number of carbonyl (C=O) groups excluding carboxylic acids is 1. The van der Waals surface area contributed by atoms with Gasteiger partial charge < -0.3 is 4.74 Å². The molecule has 0 aromatic rings. The normalized spacial score (nSPS) is 29.2. The summed E-state index contributed by atoms with van der Waals surface area (Å²) < 4.78 is 4.70. The molecule has 0 spiro atoms. The van der Waals surface area contributed by atoms with Crippen LogP contribution in [0.5, 0.6) is 0 Å². The Morgan fingerprint density at radius 1 is 1.91 bits per heavy atom. The van der Waals surface area contributed by atoms with Gasteiger partial charge in [0.25, 0.3) is 0 Å². The van der Waals surface area contributed by atoms with E-state index in [4.69, 9.17) is 10.00 Å². The number of rotatable bonds is 2. The van der Waals surface area contributed by atoms with Gasteiger partial charge in [-0.25, -0.2) is 0 Å². The van der Waals surface area contributed by atoms with Crippen LogP contribution in [-0.4, -0.2) is 12.6 Å². The molecule has 0 radical (unpaired) electrons. The van der Waals surface area contributed by atoms with E-state index in [1.807, 2.05) is 6.07 Å². The lowest BCUT2D eigenvalue weighted by Gasteiger charge is -2.11.